The van der Waals surface area contributed by atoms with Gasteiger partial charge in [-0.15, -0.1) is 0 Å². The summed E-state index contributed by atoms with van der Waals surface area (Å²) in [5, 5.41) is 11.5. The second kappa shape index (κ2) is 7.27. The van der Waals surface area contributed by atoms with E-state index in [1.807, 2.05) is 32.6 Å². The zero-order valence-corrected chi connectivity index (χ0v) is 11.2. The van der Waals surface area contributed by atoms with Crippen molar-refractivity contribution in [2.24, 2.45) is 0 Å². The van der Waals surface area contributed by atoms with E-state index in [0.29, 0.717) is 13.0 Å². The van der Waals surface area contributed by atoms with Gasteiger partial charge in [-0.05, 0) is 33.4 Å². The van der Waals surface area contributed by atoms with Gasteiger partial charge in [0.25, 0.3) is 0 Å². The molecule has 0 saturated heterocycles. The van der Waals surface area contributed by atoms with Gasteiger partial charge in [0.2, 0.25) is 5.91 Å². The first kappa shape index (κ1) is 15.9. The average Bonchev–Trinajstić information content (AvgIpc) is 2.22. The fourth-order valence-electron chi connectivity index (χ4n) is 1.55. The minimum atomic E-state index is -0.837. The maximum Gasteiger partial charge on any atom is 0.303 e. The number of hydrogen-bond donors (Lipinski definition) is 2. The minimum Gasteiger partial charge on any atom is -0.481 e. The van der Waals surface area contributed by atoms with E-state index in [-0.39, 0.29) is 12.3 Å². The number of carbonyl (C=O) groups is 2. The van der Waals surface area contributed by atoms with Crippen LogP contribution >= 0.6 is 0 Å². The maximum absolute atomic E-state index is 11.7. The summed E-state index contributed by atoms with van der Waals surface area (Å²) in [5.74, 6) is -0.889. The summed E-state index contributed by atoms with van der Waals surface area (Å²) in [7, 11) is 0. The largest absolute Gasteiger partial charge is 0.481 e. The number of likely N-dealkylation sites (N-methyl/N-ethyl adjacent to an activating group) is 1. The summed E-state index contributed by atoms with van der Waals surface area (Å²) >= 11 is 0. The van der Waals surface area contributed by atoms with Crippen LogP contribution in [0, 0.1) is 0 Å². The summed E-state index contributed by atoms with van der Waals surface area (Å²) in [6.45, 7) is 9.73. The van der Waals surface area contributed by atoms with E-state index in [0.717, 1.165) is 13.1 Å². The Bertz CT molecular complexity index is 260. The molecule has 0 aromatic carbocycles. The molecule has 0 fully saturated rings. The fraction of sp³-hybridized carbons (Fsp3) is 0.833. The van der Waals surface area contributed by atoms with Gasteiger partial charge in [0, 0.05) is 12.0 Å². The monoisotopic (exact) mass is 244 g/mol. The number of nitrogens with zero attached hydrogens (tertiary/aromatic N) is 1. The van der Waals surface area contributed by atoms with Crippen molar-refractivity contribution in [3.8, 4) is 0 Å². The number of carbonyl (C=O) groups excluding carboxylic acids is 1. The van der Waals surface area contributed by atoms with Crippen molar-refractivity contribution >= 4 is 11.9 Å². The van der Waals surface area contributed by atoms with Gasteiger partial charge in [0.05, 0.1) is 6.54 Å². The van der Waals surface area contributed by atoms with Crippen LogP contribution in [0.2, 0.25) is 0 Å². The molecule has 5 nitrogen and oxygen atoms in total. The SMILES string of the molecule is CCN(CC)CC(=O)NC(C)(C)CCC(=O)O. The Hall–Kier alpha value is -1.10. The summed E-state index contributed by atoms with van der Waals surface area (Å²) in [4.78, 5) is 24.2. The number of aliphatic carboxylic acids is 1. The molecular weight excluding hydrogens is 220 g/mol. The topological polar surface area (TPSA) is 69.6 Å². The summed E-state index contributed by atoms with van der Waals surface area (Å²) < 4.78 is 0. The van der Waals surface area contributed by atoms with Crippen molar-refractivity contribution in [1.29, 1.82) is 0 Å². The predicted molar refractivity (Wildman–Crippen MR) is 66.9 cm³/mol. The van der Waals surface area contributed by atoms with Crippen LogP contribution in [0.5, 0.6) is 0 Å². The molecule has 17 heavy (non-hydrogen) atoms. The van der Waals surface area contributed by atoms with Gasteiger partial charge in [-0.2, -0.15) is 0 Å². The smallest absolute Gasteiger partial charge is 0.303 e. The first-order valence-electron chi connectivity index (χ1n) is 6.06. The van der Waals surface area contributed by atoms with Crippen LogP contribution in [0.3, 0.4) is 0 Å². The predicted octanol–water partition coefficient (Wildman–Crippen LogP) is 1.09. The van der Waals surface area contributed by atoms with Crippen molar-refractivity contribution in [2.45, 2.75) is 46.1 Å². The molecule has 0 radical (unpaired) electrons. The van der Waals surface area contributed by atoms with Gasteiger partial charge < -0.3 is 10.4 Å². The molecule has 0 aliphatic carbocycles. The van der Waals surface area contributed by atoms with E-state index in [1.54, 1.807) is 0 Å². The molecule has 5 heteroatoms. The Morgan fingerprint density at radius 2 is 1.76 bits per heavy atom. The summed E-state index contributed by atoms with van der Waals surface area (Å²) in [6.07, 6.45) is 0.505. The van der Waals surface area contributed by atoms with E-state index >= 15 is 0 Å². The Kier molecular flexibility index (Phi) is 6.80. The van der Waals surface area contributed by atoms with E-state index in [9.17, 15) is 9.59 Å². The van der Waals surface area contributed by atoms with E-state index in [1.165, 1.54) is 0 Å². The molecule has 0 saturated carbocycles. The Morgan fingerprint density at radius 1 is 1.24 bits per heavy atom. The van der Waals surface area contributed by atoms with Crippen LogP contribution in [-0.4, -0.2) is 47.1 Å². The zero-order chi connectivity index (χ0) is 13.5. The third-order valence-electron chi connectivity index (χ3n) is 2.70. The van der Waals surface area contributed by atoms with Gasteiger partial charge in [0.1, 0.15) is 0 Å². The fourth-order valence-corrected chi connectivity index (χ4v) is 1.55. The van der Waals surface area contributed by atoms with Crippen LogP contribution in [0.4, 0.5) is 0 Å². The van der Waals surface area contributed by atoms with E-state index in [2.05, 4.69) is 5.32 Å². The molecule has 0 aromatic heterocycles. The first-order valence-corrected chi connectivity index (χ1v) is 6.06. The first-order chi connectivity index (χ1) is 7.80. The molecule has 0 unspecified atom stereocenters. The summed E-state index contributed by atoms with van der Waals surface area (Å²) in [6, 6.07) is 0. The van der Waals surface area contributed by atoms with Crippen LogP contribution in [0.1, 0.15) is 40.5 Å². The van der Waals surface area contributed by atoms with Gasteiger partial charge in [-0.25, -0.2) is 0 Å². The van der Waals surface area contributed by atoms with Crippen LogP contribution in [0.15, 0.2) is 0 Å². The normalized spacial score (nSPS) is 11.6. The van der Waals surface area contributed by atoms with Gasteiger partial charge in [-0.1, -0.05) is 13.8 Å². The third kappa shape index (κ3) is 7.74. The third-order valence-corrected chi connectivity index (χ3v) is 2.70. The lowest BCUT2D eigenvalue weighted by Crippen LogP contribution is -2.47. The molecule has 1 amide bonds. The van der Waals surface area contributed by atoms with Crippen LogP contribution in [-0.2, 0) is 9.59 Å². The highest BCUT2D eigenvalue weighted by Gasteiger charge is 2.21. The zero-order valence-electron chi connectivity index (χ0n) is 11.2. The quantitative estimate of drug-likeness (QED) is 0.670. The number of amides is 1. The van der Waals surface area contributed by atoms with E-state index < -0.39 is 11.5 Å². The van der Waals surface area contributed by atoms with Gasteiger partial charge in [0.15, 0.2) is 0 Å². The molecule has 0 heterocycles. The number of rotatable bonds is 8. The highest BCUT2D eigenvalue weighted by Crippen LogP contribution is 2.11. The summed E-state index contributed by atoms with van der Waals surface area (Å²) in [5.41, 5.74) is -0.470. The van der Waals surface area contributed by atoms with Crippen molar-refractivity contribution in [3.05, 3.63) is 0 Å². The Balaban J connectivity index is 4.12. The number of hydrogen-bond acceptors (Lipinski definition) is 3. The van der Waals surface area contributed by atoms with Crippen molar-refractivity contribution in [1.82, 2.24) is 10.2 Å². The molecule has 2 N–H and O–H groups in total. The maximum atomic E-state index is 11.7. The van der Waals surface area contributed by atoms with Crippen molar-refractivity contribution < 1.29 is 14.7 Å². The highest BCUT2D eigenvalue weighted by molar-refractivity contribution is 5.78. The second-order valence-corrected chi connectivity index (χ2v) is 4.79. The van der Waals surface area contributed by atoms with Crippen LogP contribution < -0.4 is 5.32 Å². The Labute approximate surface area is 103 Å². The molecule has 0 atom stereocenters. The standard InChI is InChI=1S/C12H24N2O3/c1-5-14(6-2)9-10(15)13-12(3,4)8-7-11(16)17/h5-9H2,1-4H3,(H,13,15)(H,16,17). The molecule has 0 aliphatic heterocycles. The number of carboxylic acid groups (broad SMARTS) is 1. The lowest BCUT2D eigenvalue weighted by atomic mass is 9.98. The van der Waals surface area contributed by atoms with E-state index in [4.69, 9.17) is 5.11 Å². The Morgan fingerprint density at radius 3 is 2.18 bits per heavy atom. The molecule has 0 aliphatic rings. The van der Waals surface area contributed by atoms with Gasteiger partial charge in [-0.3, -0.25) is 14.5 Å². The second-order valence-electron chi connectivity index (χ2n) is 4.79. The van der Waals surface area contributed by atoms with Crippen molar-refractivity contribution in [2.75, 3.05) is 19.6 Å². The lowest BCUT2D eigenvalue weighted by Gasteiger charge is -2.27. The average molecular weight is 244 g/mol. The van der Waals surface area contributed by atoms with Crippen molar-refractivity contribution in [3.63, 3.8) is 0 Å². The van der Waals surface area contributed by atoms with Gasteiger partial charge >= 0.3 is 5.97 Å². The number of carboxylic acids is 1. The molecule has 0 rings (SSSR count). The lowest BCUT2D eigenvalue weighted by molar-refractivity contribution is -0.137. The highest BCUT2D eigenvalue weighted by atomic mass is 16.4. The molecule has 0 aromatic rings. The number of nitrogens with one attached hydrogen (secondary N) is 1. The molecular formula is C12H24N2O3. The molecule has 0 bridgehead atoms. The molecule has 100 valence electrons. The van der Waals surface area contributed by atoms with Crippen LogP contribution in [0.25, 0.3) is 0 Å². The minimum absolute atomic E-state index is 0.0518. The molecule has 0 spiro atoms.